The average Bonchev–Trinajstić information content (AvgIpc) is 3.13. The van der Waals surface area contributed by atoms with Crippen LogP contribution < -0.4 is 10.1 Å². The van der Waals surface area contributed by atoms with Crippen molar-refractivity contribution in [2.24, 2.45) is 13.0 Å². The number of piperazine rings is 1. The Bertz CT molecular complexity index is 1490. The van der Waals surface area contributed by atoms with E-state index in [-0.39, 0.29) is 17.6 Å². The summed E-state index contributed by atoms with van der Waals surface area (Å²) in [6.45, 7) is 3.59. The highest BCUT2D eigenvalue weighted by atomic mass is 19.1. The summed E-state index contributed by atoms with van der Waals surface area (Å²) in [5.41, 5.74) is 3.63. The van der Waals surface area contributed by atoms with Crippen LogP contribution in [0, 0.1) is 11.7 Å². The molecule has 41 heavy (non-hydrogen) atoms. The van der Waals surface area contributed by atoms with Crippen LogP contribution in [0.2, 0.25) is 0 Å². The molecule has 1 amide bonds. The molecule has 2 fully saturated rings. The van der Waals surface area contributed by atoms with Crippen molar-refractivity contribution in [1.29, 1.82) is 0 Å². The maximum atomic E-state index is 13.6. The first-order valence-corrected chi connectivity index (χ1v) is 14.5. The number of nitrogens with zero attached hydrogens (tertiary/aromatic N) is 2. The maximum absolute atomic E-state index is 13.6. The number of carbonyl (C=O) groups excluding carboxylic acids is 3. The number of nitrogens with one attached hydrogen (secondary N) is 1. The molecule has 1 aromatic heterocycles. The van der Waals surface area contributed by atoms with Gasteiger partial charge < -0.3 is 19.5 Å². The summed E-state index contributed by atoms with van der Waals surface area (Å²) < 4.78 is 20.7. The summed E-state index contributed by atoms with van der Waals surface area (Å²) >= 11 is 0. The number of ether oxygens (including phenoxy) is 1. The van der Waals surface area contributed by atoms with Gasteiger partial charge in [0.05, 0.1) is 23.8 Å². The molecule has 1 saturated carbocycles. The van der Waals surface area contributed by atoms with Gasteiger partial charge in [0.15, 0.2) is 5.78 Å². The number of aromatic nitrogens is 1. The van der Waals surface area contributed by atoms with Gasteiger partial charge >= 0.3 is 0 Å². The molecule has 0 radical (unpaired) electrons. The highest BCUT2D eigenvalue weighted by Crippen LogP contribution is 2.33. The molecule has 1 saturated heterocycles. The van der Waals surface area contributed by atoms with Crippen LogP contribution >= 0.6 is 0 Å². The number of aryl methyl sites for hydroxylation is 1. The number of ketones is 2. The predicted molar refractivity (Wildman–Crippen MR) is 157 cm³/mol. The number of hydrogen-bond acceptors (Lipinski definition) is 5. The van der Waals surface area contributed by atoms with E-state index < -0.39 is 11.7 Å². The molecular weight excluding hydrogens is 521 g/mol. The second-order valence-corrected chi connectivity index (χ2v) is 11.5. The first-order chi connectivity index (χ1) is 19.7. The molecule has 2 aromatic carbocycles. The van der Waals surface area contributed by atoms with Crippen molar-refractivity contribution >= 4 is 28.4 Å². The van der Waals surface area contributed by atoms with Gasteiger partial charge in [-0.05, 0) is 81.2 Å². The lowest BCUT2D eigenvalue weighted by molar-refractivity contribution is -0.127. The third kappa shape index (κ3) is 6.43. The number of hydrogen-bond donors (Lipinski definition) is 1. The molecule has 1 N–H and O–H groups in total. The van der Waals surface area contributed by atoms with Gasteiger partial charge in [0.2, 0.25) is 0 Å². The first-order valence-electron chi connectivity index (χ1n) is 14.5. The van der Waals surface area contributed by atoms with E-state index in [4.69, 9.17) is 4.74 Å². The van der Waals surface area contributed by atoms with Gasteiger partial charge in [-0.2, -0.15) is 0 Å². The van der Waals surface area contributed by atoms with Crippen LogP contribution in [0.4, 0.5) is 4.39 Å². The van der Waals surface area contributed by atoms with Crippen molar-refractivity contribution in [1.82, 2.24) is 14.8 Å². The van der Waals surface area contributed by atoms with E-state index in [2.05, 4.69) is 5.32 Å². The smallest absolute Gasteiger partial charge is 0.295 e. The molecule has 1 aliphatic carbocycles. The Kier molecular flexibility index (Phi) is 8.68. The van der Waals surface area contributed by atoms with Crippen molar-refractivity contribution in [2.45, 2.75) is 51.5 Å². The van der Waals surface area contributed by atoms with Crippen molar-refractivity contribution < 1.29 is 23.5 Å². The summed E-state index contributed by atoms with van der Waals surface area (Å²) in [6.07, 6.45) is 8.99. The minimum atomic E-state index is -0.567. The van der Waals surface area contributed by atoms with Crippen LogP contribution in [0.3, 0.4) is 0 Å². The fourth-order valence-corrected chi connectivity index (χ4v) is 6.17. The molecule has 8 heteroatoms. The molecule has 0 spiro atoms. The van der Waals surface area contributed by atoms with Gasteiger partial charge in [-0.1, -0.05) is 17.7 Å². The summed E-state index contributed by atoms with van der Waals surface area (Å²) in [5.74, 6) is -0.557. The number of rotatable bonds is 7. The Balaban J connectivity index is 1.36. The van der Waals surface area contributed by atoms with E-state index in [9.17, 15) is 18.8 Å². The Morgan fingerprint density at radius 1 is 1.10 bits per heavy atom. The number of allylic oxidation sites excluding steroid dienone is 2. The van der Waals surface area contributed by atoms with Crippen molar-refractivity contribution in [3.05, 3.63) is 76.8 Å². The molecule has 7 nitrogen and oxygen atoms in total. The van der Waals surface area contributed by atoms with Crippen LogP contribution in [0.5, 0.6) is 5.75 Å². The standard InChI is InChI=1S/C33H38FN3O4/c1-21-19-37(14-13-35-21)33(40)32(39)28-20-36(2)29-18-31(41-3)27(17-26(28)29)30(38)16-23-6-4-5-22(7-8-23)15-24-9-11-25(34)12-10-24/h9-12,16-18,20-22,35H,4-8,13-15,19H2,1-3H3/b23-16-/t21-,22?/m1/s1. The average molecular weight is 560 g/mol. The van der Waals surface area contributed by atoms with Gasteiger partial charge in [-0.15, -0.1) is 0 Å². The second-order valence-electron chi connectivity index (χ2n) is 11.5. The zero-order chi connectivity index (χ0) is 29.1. The van der Waals surface area contributed by atoms with E-state index in [1.54, 1.807) is 33.9 Å². The van der Waals surface area contributed by atoms with E-state index in [1.165, 1.54) is 19.2 Å². The normalized spacial score (nSPS) is 20.7. The van der Waals surface area contributed by atoms with E-state index in [0.717, 1.165) is 49.7 Å². The van der Waals surface area contributed by atoms with Crippen molar-refractivity contribution in [2.75, 3.05) is 26.7 Å². The molecule has 3 aromatic rings. The van der Waals surface area contributed by atoms with Crippen LogP contribution in [-0.2, 0) is 18.3 Å². The first kappa shape index (κ1) is 28.7. The zero-order valence-corrected chi connectivity index (χ0v) is 24.0. The number of halogens is 1. The number of amides is 1. The van der Waals surface area contributed by atoms with Crippen LogP contribution in [-0.4, -0.2) is 59.7 Å². The largest absolute Gasteiger partial charge is 0.496 e. The second kappa shape index (κ2) is 12.4. The lowest BCUT2D eigenvalue weighted by Gasteiger charge is -2.31. The van der Waals surface area contributed by atoms with E-state index in [0.29, 0.717) is 53.3 Å². The summed E-state index contributed by atoms with van der Waals surface area (Å²) in [4.78, 5) is 41.7. The predicted octanol–water partition coefficient (Wildman–Crippen LogP) is 5.26. The number of fused-ring (bicyclic) bond motifs is 1. The molecule has 0 bridgehead atoms. The Labute approximate surface area is 240 Å². The summed E-state index contributed by atoms with van der Waals surface area (Å²) in [5, 5.41) is 3.85. The van der Waals surface area contributed by atoms with Crippen LogP contribution in [0.25, 0.3) is 10.9 Å². The summed E-state index contributed by atoms with van der Waals surface area (Å²) in [6, 6.07) is 10.3. The molecule has 216 valence electrons. The minimum Gasteiger partial charge on any atom is -0.496 e. The minimum absolute atomic E-state index is 0.122. The van der Waals surface area contributed by atoms with Gasteiger partial charge in [0.1, 0.15) is 11.6 Å². The molecule has 2 atom stereocenters. The molecule has 2 aliphatic rings. The molecule has 1 aliphatic heterocycles. The topological polar surface area (TPSA) is 80.6 Å². The monoisotopic (exact) mass is 559 g/mol. The van der Waals surface area contributed by atoms with Gasteiger partial charge in [-0.3, -0.25) is 14.4 Å². The van der Waals surface area contributed by atoms with Crippen molar-refractivity contribution in [3.8, 4) is 5.75 Å². The fourth-order valence-electron chi connectivity index (χ4n) is 6.17. The van der Waals surface area contributed by atoms with E-state index >= 15 is 0 Å². The zero-order valence-electron chi connectivity index (χ0n) is 24.0. The Morgan fingerprint density at radius 3 is 2.61 bits per heavy atom. The number of carbonyl (C=O) groups is 3. The lowest BCUT2D eigenvalue weighted by Crippen LogP contribution is -2.53. The highest BCUT2D eigenvalue weighted by Gasteiger charge is 2.29. The number of benzene rings is 2. The Morgan fingerprint density at radius 2 is 1.88 bits per heavy atom. The van der Waals surface area contributed by atoms with Gasteiger partial charge in [0.25, 0.3) is 11.7 Å². The van der Waals surface area contributed by atoms with Crippen molar-refractivity contribution in [3.63, 3.8) is 0 Å². The SMILES string of the molecule is COc1cc2c(cc1C(=O)/C=C1/CCCC(Cc3ccc(F)cc3)CC1)c(C(=O)C(=O)N1CCN[C@H](C)C1)cn2C. The highest BCUT2D eigenvalue weighted by molar-refractivity contribution is 6.45. The lowest BCUT2D eigenvalue weighted by atomic mass is 9.92. The van der Waals surface area contributed by atoms with Crippen LogP contribution in [0.15, 0.2) is 54.2 Å². The fraction of sp³-hybridized carbons (Fsp3) is 0.424. The van der Waals surface area contributed by atoms with Gasteiger partial charge in [-0.25, -0.2) is 4.39 Å². The van der Waals surface area contributed by atoms with E-state index in [1.807, 2.05) is 26.1 Å². The Hall–Kier alpha value is -3.78. The maximum Gasteiger partial charge on any atom is 0.295 e. The molecule has 1 unspecified atom stereocenters. The quantitative estimate of drug-likeness (QED) is 0.185. The summed E-state index contributed by atoms with van der Waals surface area (Å²) in [7, 11) is 3.34. The van der Waals surface area contributed by atoms with Gasteiger partial charge in [0, 0.05) is 50.4 Å². The third-order valence-corrected chi connectivity index (χ3v) is 8.43. The van der Waals surface area contributed by atoms with Crippen LogP contribution in [0.1, 0.15) is 65.3 Å². The molecule has 5 rings (SSSR count). The third-order valence-electron chi connectivity index (χ3n) is 8.43. The molecular formula is C33H38FN3O4. The number of Topliss-reactive ketones (excluding diaryl/α,β-unsaturated/α-hetero) is 1. The number of methoxy groups -OCH3 is 1. The molecule has 2 heterocycles.